The van der Waals surface area contributed by atoms with Crippen LogP contribution in [-0.4, -0.2) is 78.2 Å². The van der Waals surface area contributed by atoms with Gasteiger partial charge in [-0.2, -0.15) is 11.8 Å². The molecular weight excluding hydrogens is 475 g/mol. The van der Waals surface area contributed by atoms with Crippen LogP contribution in [0.1, 0.15) is 47.0 Å². The highest BCUT2D eigenvalue weighted by molar-refractivity contribution is 14.0. The van der Waals surface area contributed by atoms with Crippen LogP contribution in [-0.2, 0) is 4.74 Å². The summed E-state index contributed by atoms with van der Waals surface area (Å²) in [7, 11) is 1.87. The number of hydrogen-bond acceptors (Lipinski definition) is 4. The number of amides is 1. The molecule has 2 saturated heterocycles. The maximum absolute atomic E-state index is 12.2. The number of likely N-dealkylation sites (tertiary alicyclic amines) is 1. The molecule has 0 bridgehead atoms. The van der Waals surface area contributed by atoms with Crippen molar-refractivity contribution in [3.63, 3.8) is 0 Å². The van der Waals surface area contributed by atoms with Gasteiger partial charge in [0.2, 0.25) is 0 Å². The summed E-state index contributed by atoms with van der Waals surface area (Å²) in [5.74, 6) is 2.78. The predicted octanol–water partition coefficient (Wildman–Crippen LogP) is 3.65. The maximum atomic E-state index is 12.2. The topological polar surface area (TPSA) is 57.2 Å². The van der Waals surface area contributed by atoms with Crippen LogP contribution in [0.2, 0.25) is 0 Å². The second-order valence-corrected chi connectivity index (χ2v) is 9.59. The molecule has 0 radical (unpaired) electrons. The molecule has 8 heteroatoms. The third kappa shape index (κ3) is 8.25. The van der Waals surface area contributed by atoms with Gasteiger partial charge in [0, 0.05) is 50.8 Å². The van der Waals surface area contributed by atoms with Gasteiger partial charge in [-0.15, -0.1) is 24.0 Å². The highest BCUT2D eigenvalue weighted by atomic mass is 127. The lowest BCUT2D eigenvalue weighted by atomic mass is 9.97. The van der Waals surface area contributed by atoms with Crippen LogP contribution in [0.4, 0.5) is 4.79 Å². The fraction of sp³-hybridized carbons (Fsp3) is 0.895. The number of rotatable bonds is 3. The Balaban J connectivity index is 0.00000364. The molecule has 0 aromatic carbocycles. The number of ether oxygens (including phenoxy) is 1. The van der Waals surface area contributed by atoms with Crippen LogP contribution in [0.5, 0.6) is 0 Å². The summed E-state index contributed by atoms with van der Waals surface area (Å²) >= 11 is 2.07. The molecule has 1 unspecified atom stereocenters. The summed E-state index contributed by atoms with van der Waals surface area (Å²) in [4.78, 5) is 20.9. The molecule has 0 saturated carbocycles. The Labute approximate surface area is 186 Å². The molecule has 2 rings (SSSR count). The Morgan fingerprint density at radius 1 is 1.22 bits per heavy atom. The highest BCUT2D eigenvalue weighted by Crippen LogP contribution is 2.22. The quantitative estimate of drug-likeness (QED) is 0.356. The Bertz CT molecular complexity index is 491. The van der Waals surface area contributed by atoms with Gasteiger partial charge in [0.15, 0.2) is 5.96 Å². The van der Waals surface area contributed by atoms with Crippen molar-refractivity contribution in [3.05, 3.63) is 0 Å². The predicted molar refractivity (Wildman–Crippen MR) is 125 cm³/mol. The minimum atomic E-state index is -0.426. The smallest absolute Gasteiger partial charge is 0.410 e. The fourth-order valence-electron chi connectivity index (χ4n) is 3.37. The number of aliphatic imine (C=N–C) groups is 1. The van der Waals surface area contributed by atoms with Crippen LogP contribution in [0, 0.1) is 5.92 Å². The molecule has 27 heavy (non-hydrogen) atoms. The Kier molecular flexibility index (Phi) is 10.6. The molecule has 6 nitrogen and oxygen atoms in total. The van der Waals surface area contributed by atoms with E-state index in [1.165, 1.54) is 12.2 Å². The first-order chi connectivity index (χ1) is 12.3. The van der Waals surface area contributed by atoms with Crippen LogP contribution >= 0.6 is 35.7 Å². The third-order valence-electron chi connectivity index (χ3n) is 4.92. The van der Waals surface area contributed by atoms with Crippen molar-refractivity contribution in [1.82, 2.24) is 15.1 Å². The summed E-state index contributed by atoms with van der Waals surface area (Å²) < 4.78 is 5.47. The second-order valence-electron chi connectivity index (χ2n) is 8.19. The monoisotopic (exact) mass is 512 g/mol. The Hall–Kier alpha value is -0.380. The Morgan fingerprint density at radius 3 is 2.44 bits per heavy atom. The zero-order chi connectivity index (χ0) is 19.2. The first-order valence-electron chi connectivity index (χ1n) is 9.87. The van der Waals surface area contributed by atoms with Crippen molar-refractivity contribution in [3.8, 4) is 0 Å². The minimum Gasteiger partial charge on any atom is -0.444 e. The van der Waals surface area contributed by atoms with Gasteiger partial charge < -0.3 is 19.9 Å². The molecule has 2 aliphatic heterocycles. The molecule has 1 amide bonds. The third-order valence-corrected chi connectivity index (χ3v) is 6.29. The number of halogens is 1. The van der Waals surface area contributed by atoms with Crippen molar-refractivity contribution in [1.29, 1.82) is 0 Å². The SMILES string of the molecule is CCC1CN(C(=NC)NCC2CCN(C(=O)OC(C)(C)C)CC2)CCS1.I. The number of nitrogens with zero attached hydrogens (tertiary/aromatic N) is 3. The molecule has 158 valence electrons. The molecule has 2 fully saturated rings. The largest absolute Gasteiger partial charge is 0.444 e. The number of thioether (sulfide) groups is 1. The van der Waals surface area contributed by atoms with Crippen LogP contribution in [0.25, 0.3) is 0 Å². The number of hydrogen-bond donors (Lipinski definition) is 1. The normalized spacial score (nSPS) is 22.3. The summed E-state index contributed by atoms with van der Waals surface area (Å²) in [6, 6.07) is 0. The molecule has 1 N–H and O–H groups in total. The van der Waals surface area contributed by atoms with E-state index in [9.17, 15) is 4.79 Å². The minimum absolute atomic E-state index is 0. The van der Waals surface area contributed by atoms with Gasteiger partial charge in [0.1, 0.15) is 5.60 Å². The van der Waals surface area contributed by atoms with E-state index >= 15 is 0 Å². The van der Waals surface area contributed by atoms with Gasteiger partial charge in [-0.05, 0) is 46.0 Å². The van der Waals surface area contributed by atoms with Gasteiger partial charge in [0.05, 0.1) is 0 Å². The highest BCUT2D eigenvalue weighted by Gasteiger charge is 2.27. The zero-order valence-corrected chi connectivity index (χ0v) is 20.6. The van der Waals surface area contributed by atoms with E-state index in [4.69, 9.17) is 4.74 Å². The van der Waals surface area contributed by atoms with Crippen molar-refractivity contribution >= 4 is 47.8 Å². The lowest BCUT2D eigenvalue weighted by molar-refractivity contribution is 0.0185. The Morgan fingerprint density at radius 2 is 1.89 bits per heavy atom. The van der Waals surface area contributed by atoms with E-state index in [0.29, 0.717) is 11.2 Å². The van der Waals surface area contributed by atoms with Crippen molar-refractivity contribution in [2.24, 2.45) is 10.9 Å². The maximum Gasteiger partial charge on any atom is 0.410 e. The van der Waals surface area contributed by atoms with Crippen LogP contribution < -0.4 is 5.32 Å². The second kappa shape index (κ2) is 11.6. The molecule has 0 aromatic heterocycles. The molecule has 0 aromatic rings. The summed E-state index contributed by atoms with van der Waals surface area (Å²) in [6.45, 7) is 12.6. The molecule has 1 atom stereocenters. The first-order valence-corrected chi connectivity index (χ1v) is 10.9. The number of nitrogens with one attached hydrogen (secondary N) is 1. The summed E-state index contributed by atoms with van der Waals surface area (Å²) in [6.07, 6.45) is 3.05. The number of carbonyl (C=O) groups excluding carboxylic acids is 1. The van der Waals surface area contributed by atoms with E-state index in [0.717, 1.165) is 51.5 Å². The zero-order valence-electron chi connectivity index (χ0n) is 17.5. The molecule has 0 spiro atoms. The standard InChI is InChI=1S/C19H36N4O2S.HI/c1-6-16-14-23(11-12-26-16)17(20-5)21-13-15-7-9-22(10-8-15)18(24)25-19(2,3)4;/h15-16H,6-14H2,1-5H3,(H,20,21);1H. The van der Waals surface area contributed by atoms with Crippen molar-refractivity contribution in [2.45, 2.75) is 57.8 Å². The fourth-order valence-corrected chi connectivity index (χ4v) is 4.55. The number of piperidine rings is 1. The number of carbonyl (C=O) groups is 1. The molecule has 0 aliphatic carbocycles. The van der Waals surface area contributed by atoms with E-state index in [-0.39, 0.29) is 30.1 Å². The van der Waals surface area contributed by atoms with Crippen molar-refractivity contribution < 1.29 is 9.53 Å². The lowest BCUT2D eigenvalue weighted by Gasteiger charge is -2.36. The summed E-state index contributed by atoms with van der Waals surface area (Å²) in [5.41, 5.74) is -0.426. The molecular formula is C19H37IN4O2S. The van der Waals surface area contributed by atoms with Gasteiger partial charge in [0.25, 0.3) is 0 Å². The van der Waals surface area contributed by atoms with E-state index in [1.54, 1.807) is 0 Å². The molecule has 2 heterocycles. The summed E-state index contributed by atoms with van der Waals surface area (Å²) in [5, 5.41) is 4.28. The number of guanidine groups is 1. The average molecular weight is 513 g/mol. The van der Waals surface area contributed by atoms with Gasteiger partial charge >= 0.3 is 6.09 Å². The van der Waals surface area contributed by atoms with Gasteiger partial charge in [-0.25, -0.2) is 4.79 Å². The van der Waals surface area contributed by atoms with Gasteiger partial charge in [-0.1, -0.05) is 6.92 Å². The van der Waals surface area contributed by atoms with Crippen LogP contribution in [0.15, 0.2) is 4.99 Å². The van der Waals surface area contributed by atoms with E-state index in [2.05, 4.69) is 33.9 Å². The van der Waals surface area contributed by atoms with E-state index < -0.39 is 5.60 Å². The van der Waals surface area contributed by atoms with Crippen molar-refractivity contribution in [2.75, 3.05) is 45.5 Å². The van der Waals surface area contributed by atoms with Gasteiger partial charge in [-0.3, -0.25) is 4.99 Å². The van der Waals surface area contributed by atoms with Crippen LogP contribution in [0.3, 0.4) is 0 Å². The van der Waals surface area contributed by atoms with E-state index in [1.807, 2.05) is 32.7 Å². The molecule has 2 aliphatic rings. The first kappa shape index (κ1) is 24.7. The lowest BCUT2D eigenvalue weighted by Crippen LogP contribution is -2.50. The average Bonchev–Trinajstić information content (AvgIpc) is 2.61.